The Morgan fingerprint density at radius 2 is 2.06 bits per heavy atom. The van der Waals surface area contributed by atoms with Gasteiger partial charge in [0.15, 0.2) is 5.82 Å². The molecular weight excluding hydrogens is 200 g/mol. The van der Waals surface area contributed by atoms with E-state index in [0.29, 0.717) is 11.9 Å². The molecule has 2 N–H and O–H groups in total. The largest absolute Gasteiger partial charge is 0.382 e. The topological polar surface area (TPSA) is 55.0 Å². The average Bonchev–Trinajstić information content (AvgIpc) is 2.31. The molecule has 1 aromatic rings. The number of nitrogen functional groups attached to an aromatic ring is 1. The zero-order valence-electron chi connectivity index (χ0n) is 10.5. The second-order valence-corrected chi connectivity index (χ2v) is 4.12. The summed E-state index contributed by atoms with van der Waals surface area (Å²) in [6, 6.07) is 4.25. The summed E-state index contributed by atoms with van der Waals surface area (Å²) in [5, 5.41) is 8.06. The van der Waals surface area contributed by atoms with Gasteiger partial charge in [0, 0.05) is 12.6 Å². The molecule has 0 bridgehead atoms. The second-order valence-electron chi connectivity index (χ2n) is 4.12. The smallest absolute Gasteiger partial charge is 0.151 e. The van der Waals surface area contributed by atoms with E-state index in [0.717, 1.165) is 18.8 Å². The number of nitrogens with zero attached hydrogens (tertiary/aromatic N) is 3. The van der Waals surface area contributed by atoms with Crippen molar-refractivity contribution in [2.24, 2.45) is 0 Å². The molecule has 0 saturated heterocycles. The van der Waals surface area contributed by atoms with Gasteiger partial charge in [0.05, 0.1) is 0 Å². The molecule has 1 heterocycles. The van der Waals surface area contributed by atoms with Crippen molar-refractivity contribution in [3.63, 3.8) is 0 Å². The van der Waals surface area contributed by atoms with Crippen LogP contribution >= 0.6 is 0 Å². The predicted molar refractivity (Wildman–Crippen MR) is 68.5 cm³/mol. The maximum absolute atomic E-state index is 5.54. The summed E-state index contributed by atoms with van der Waals surface area (Å²) in [5.74, 6) is 1.40. The number of hydrogen-bond acceptors (Lipinski definition) is 4. The highest BCUT2D eigenvalue weighted by atomic mass is 15.3. The first kappa shape index (κ1) is 12.7. The van der Waals surface area contributed by atoms with Crippen LogP contribution in [0, 0.1) is 0 Å². The highest BCUT2D eigenvalue weighted by Gasteiger charge is 2.13. The normalized spacial score (nSPS) is 12.4. The quantitative estimate of drug-likeness (QED) is 0.803. The number of aromatic nitrogens is 2. The Morgan fingerprint density at radius 3 is 2.56 bits per heavy atom. The summed E-state index contributed by atoms with van der Waals surface area (Å²) < 4.78 is 0. The first-order valence-electron chi connectivity index (χ1n) is 6.04. The van der Waals surface area contributed by atoms with Gasteiger partial charge < -0.3 is 10.6 Å². The van der Waals surface area contributed by atoms with Gasteiger partial charge in [0.2, 0.25) is 0 Å². The Bertz CT molecular complexity index is 296. The van der Waals surface area contributed by atoms with E-state index in [1.807, 2.05) is 12.1 Å². The SMILES string of the molecule is CCCCN(c1ccc(N)nn1)C(C)CC. The Hall–Kier alpha value is -1.32. The minimum Gasteiger partial charge on any atom is -0.382 e. The molecule has 16 heavy (non-hydrogen) atoms. The molecule has 90 valence electrons. The molecule has 0 aromatic carbocycles. The molecule has 0 aliphatic carbocycles. The van der Waals surface area contributed by atoms with Gasteiger partial charge >= 0.3 is 0 Å². The maximum atomic E-state index is 5.54. The summed E-state index contributed by atoms with van der Waals surface area (Å²) in [4.78, 5) is 2.30. The first-order chi connectivity index (χ1) is 7.69. The van der Waals surface area contributed by atoms with Crippen molar-refractivity contribution in [2.75, 3.05) is 17.2 Å². The maximum Gasteiger partial charge on any atom is 0.151 e. The van der Waals surface area contributed by atoms with Gasteiger partial charge in [0.1, 0.15) is 5.82 Å². The van der Waals surface area contributed by atoms with E-state index < -0.39 is 0 Å². The standard InChI is InChI=1S/C12H22N4/c1-4-6-9-16(10(3)5-2)12-8-7-11(13)14-15-12/h7-8,10H,4-6,9H2,1-3H3,(H2,13,14). The summed E-state index contributed by atoms with van der Waals surface area (Å²) in [5.41, 5.74) is 5.54. The van der Waals surface area contributed by atoms with Crippen molar-refractivity contribution in [1.29, 1.82) is 0 Å². The van der Waals surface area contributed by atoms with E-state index in [9.17, 15) is 0 Å². The summed E-state index contributed by atoms with van der Waals surface area (Å²) in [6.45, 7) is 7.63. The second kappa shape index (κ2) is 6.30. The van der Waals surface area contributed by atoms with E-state index in [4.69, 9.17) is 5.73 Å². The molecule has 4 nitrogen and oxygen atoms in total. The van der Waals surface area contributed by atoms with E-state index in [1.54, 1.807) is 0 Å². The van der Waals surface area contributed by atoms with Crippen molar-refractivity contribution >= 4 is 11.6 Å². The number of nitrogens with two attached hydrogens (primary N) is 1. The van der Waals surface area contributed by atoms with Crippen LogP contribution in [-0.2, 0) is 0 Å². The van der Waals surface area contributed by atoms with E-state index >= 15 is 0 Å². The van der Waals surface area contributed by atoms with Crippen LogP contribution in [0.1, 0.15) is 40.0 Å². The molecule has 0 radical (unpaired) electrons. The molecule has 1 rings (SSSR count). The van der Waals surface area contributed by atoms with Gasteiger partial charge in [0.25, 0.3) is 0 Å². The molecule has 0 aliphatic rings. The lowest BCUT2D eigenvalue weighted by Gasteiger charge is -2.29. The van der Waals surface area contributed by atoms with Crippen molar-refractivity contribution in [2.45, 2.75) is 46.1 Å². The van der Waals surface area contributed by atoms with Gasteiger partial charge in [-0.25, -0.2) is 0 Å². The van der Waals surface area contributed by atoms with Crippen molar-refractivity contribution in [1.82, 2.24) is 10.2 Å². The zero-order valence-corrected chi connectivity index (χ0v) is 10.5. The van der Waals surface area contributed by atoms with Crippen molar-refractivity contribution < 1.29 is 0 Å². The number of anilines is 2. The summed E-state index contributed by atoms with van der Waals surface area (Å²) in [6.07, 6.45) is 3.47. The Kier molecular flexibility index (Phi) is 5.02. The predicted octanol–water partition coefficient (Wildman–Crippen LogP) is 2.46. The minimum atomic E-state index is 0.475. The van der Waals surface area contributed by atoms with Crippen LogP contribution < -0.4 is 10.6 Å². The third-order valence-corrected chi connectivity index (χ3v) is 2.84. The monoisotopic (exact) mass is 222 g/mol. The molecule has 0 spiro atoms. The fourth-order valence-corrected chi connectivity index (χ4v) is 1.60. The number of rotatable bonds is 6. The van der Waals surface area contributed by atoms with Crippen LogP contribution in [0.5, 0.6) is 0 Å². The van der Waals surface area contributed by atoms with Crippen LogP contribution in [0.25, 0.3) is 0 Å². The van der Waals surface area contributed by atoms with Crippen LogP contribution in [0.15, 0.2) is 12.1 Å². The van der Waals surface area contributed by atoms with Gasteiger partial charge in [-0.3, -0.25) is 0 Å². The number of unbranched alkanes of at least 4 members (excludes halogenated alkanes) is 1. The molecule has 0 amide bonds. The number of hydrogen-bond donors (Lipinski definition) is 1. The highest BCUT2D eigenvalue weighted by molar-refractivity contribution is 5.42. The lowest BCUT2D eigenvalue weighted by Crippen LogP contribution is -2.34. The average molecular weight is 222 g/mol. The fourth-order valence-electron chi connectivity index (χ4n) is 1.60. The summed E-state index contributed by atoms with van der Waals surface area (Å²) >= 11 is 0. The lowest BCUT2D eigenvalue weighted by molar-refractivity contribution is 0.586. The van der Waals surface area contributed by atoms with E-state index in [-0.39, 0.29) is 0 Å². The molecule has 1 atom stereocenters. The Morgan fingerprint density at radius 1 is 1.31 bits per heavy atom. The van der Waals surface area contributed by atoms with Crippen LogP contribution in [-0.4, -0.2) is 22.8 Å². The Balaban J connectivity index is 2.78. The molecule has 0 aliphatic heterocycles. The van der Waals surface area contributed by atoms with Gasteiger partial charge in [-0.15, -0.1) is 10.2 Å². The van der Waals surface area contributed by atoms with E-state index in [2.05, 4.69) is 35.9 Å². The Labute approximate surface area is 97.9 Å². The van der Waals surface area contributed by atoms with Crippen LogP contribution in [0.2, 0.25) is 0 Å². The van der Waals surface area contributed by atoms with Crippen LogP contribution in [0.4, 0.5) is 11.6 Å². The van der Waals surface area contributed by atoms with Gasteiger partial charge in [-0.1, -0.05) is 20.3 Å². The zero-order chi connectivity index (χ0) is 12.0. The van der Waals surface area contributed by atoms with Gasteiger partial charge in [-0.05, 0) is 31.9 Å². The van der Waals surface area contributed by atoms with Crippen LogP contribution in [0.3, 0.4) is 0 Å². The molecule has 4 heteroatoms. The first-order valence-corrected chi connectivity index (χ1v) is 6.04. The molecule has 0 saturated carbocycles. The summed E-state index contributed by atoms with van der Waals surface area (Å²) in [7, 11) is 0. The third-order valence-electron chi connectivity index (χ3n) is 2.84. The third kappa shape index (κ3) is 3.36. The van der Waals surface area contributed by atoms with E-state index in [1.165, 1.54) is 12.8 Å². The minimum absolute atomic E-state index is 0.475. The molecular formula is C12H22N4. The van der Waals surface area contributed by atoms with Gasteiger partial charge in [-0.2, -0.15) is 0 Å². The molecule has 0 fully saturated rings. The molecule has 1 aromatic heterocycles. The highest BCUT2D eigenvalue weighted by Crippen LogP contribution is 2.16. The van der Waals surface area contributed by atoms with Crippen molar-refractivity contribution in [3.05, 3.63) is 12.1 Å². The fraction of sp³-hybridized carbons (Fsp3) is 0.667. The lowest BCUT2D eigenvalue weighted by atomic mass is 10.2. The van der Waals surface area contributed by atoms with Crippen molar-refractivity contribution in [3.8, 4) is 0 Å². The molecule has 1 unspecified atom stereocenters.